The molecule has 1 atom stereocenters. The molecule has 0 aliphatic carbocycles. The number of hydrogen-bond acceptors (Lipinski definition) is 1. The van der Waals surface area contributed by atoms with Gasteiger partial charge in [-0.1, -0.05) is 28.1 Å². The minimum absolute atomic E-state index is 0.0392. The van der Waals surface area contributed by atoms with Gasteiger partial charge in [0.05, 0.1) is 0 Å². The third kappa shape index (κ3) is 3.22. The van der Waals surface area contributed by atoms with E-state index >= 15 is 0 Å². The van der Waals surface area contributed by atoms with Crippen LogP contribution in [0.25, 0.3) is 0 Å². The van der Waals surface area contributed by atoms with Crippen molar-refractivity contribution >= 4 is 15.9 Å². The molecule has 0 aliphatic rings. The van der Waals surface area contributed by atoms with Crippen molar-refractivity contribution in [2.75, 3.05) is 0 Å². The molecule has 0 aliphatic heterocycles. The van der Waals surface area contributed by atoms with Crippen LogP contribution in [0.15, 0.2) is 28.7 Å². The van der Waals surface area contributed by atoms with Crippen molar-refractivity contribution in [1.82, 2.24) is 0 Å². The van der Waals surface area contributed by atoms with Crippen LogP contribution in [0.3, 0.4) is 0 Å². The predicted molar refractivity (Wildman–Crippen MR) is 94.9 cm³/mol. The van der Waals surface area contributed by atoms with Crippen LogP contribution in [0.2, 0.25) is 0 Å². The fourth-order valence-electron chi connectivity index (χ4n) is 3.11. The van der Waals surface area contributed by atoms with Gasteiger partial charge < -0.3 is 5.73 Å². The van der Waals surface area contributed by atoms with Crippen LogP contribution in [-0.2, 0) is 6.42 Å². The van der Waals surface area contributed by atoms with Crippen LogP contribution in [0.4, 0.5) is 0 Å². The molecule has 0 spiro atoms. The number of hydrogen-bond donors (Lipinski definition) is 1. The fraction of sp³-hybridized carbons (Fsp3) is 0.368. The molecule has 0 aromatic heterocycles. The Kier molecular flexibility index (Phi) is 4.90. The molecule has 2 rings (SSSR count). The predicted octanol–water partition coefficient (Wildman–Crippen LogP) is 5.23. The first-order valence-corrected chi connectivity index (χ1v) is 8.19. The minimum atomic E-state index is 0.0392. The van der Waals surface area contributed by atoms with E-state index in [1.807, 2.05) is 6.07 Å². The van der Waals surface area contributed by atoms with Gasteiger partial charge in [0.1, 0.15) is 0 Å². The Bertz CT molecular complexity index is 645. The monoisotopic (exact) mass is 345 g/mol. The number of benzene rings is 2. The molecule has 0 saturated heterocycles. The van der Waals surface area contributed by atoms with Gasteiger partial charge in [-0.25, -0.2) is 0 Å². The van der Waals surface area contributed by atoms with Crippen molar-refractivity contribution < 1.29 is 0 Å². The van der Waals surface area contributed by atoms with E-state index in [9.17, 15) is 0 Å². The Morgan fingerprint density at radius 1 is 0.905 bits per heavy atom. The van der Waals surface area contributed by atoms with Crippen molar-refractivity contribution in [2.45, 2.75) is 47.1 Å². The van der Waals surface area contributed by atoms with Crippen LogP contribution < -0.4 is 5.73 Å². The number of nitrogens with two attached hydrogens (primary N) is 1. The highest BCUT2D eigenvalue weighted by Gasteiger charge is 2.18. The second-order valence-corrected chi connectivity index (χ2v) is 6.89. The molecule has 21 heavy (non-hydrogen) atoms. The lowest BCUT2D eigenvalue weighted by atomic mass is 9.85. The Balaban J connectivity index is 2.42. The molecule has 2 aromatic rings. The van der Waals surface area contributed by atoms with Crippen LogP contribution in [0.1, 0.15) is 45.0 Å². The summed E-state index contributed by atoms with van der Waals surface area (Å²) >= 11 is 3.53. The van der Waals surface area contributed by atoms with Gasteiger partial charge in [0, 0.05) is 10.5 Å². The maximum atomic E-state index is 6.55. The van der Waals surface area contributed by atoms with E-state index in [-0.39, 0.29) is 6.04 Å². The minimum Gasteiger partial charge on any atom is -0.324 e. The van der Waals surface area contributed by atoms with Crippen molar-refractivity contribution in [3.05, 3.63) is 67.7 Å². The molecule has 0 heterocycles. The van der Waals surface area contributed by atoms with E-state index in [0.717, 1.165) is 10.9 Å². The number of rotatable bonds is 3. The van der Waals surface area contributed by atoms with Gasteiger partial charge in [0.25, 0.3) is 0 Å². The molecule has 1 nitrogen and oxygen atoms in total. The fourth-order valence-corrected chi connectivity index (χ4v) is 3.55. The van der Waals surface area contributed by atoms with Crippen molar-refractivity contribution in [3.63, 3.8) is 0 Å². The van der Waals surface area contributed by atoms with Crippen LogP contribution in [0, 0.1) is 34.6 Å². The summed E-state index contributed by atoms with van der Waals surface area (Å²) in [6.07, 6.45) is 0.864. The quantitative estimate of drug-likeness (QED) is 0.809. The van der Waals surface area contributed by atoms with Crippen molar-refractivity contribution in [1.29, 1.82) is 0 Å². The maximum absolute atomic E-state index is 6.55. The average Bonchev–Trinajstić information content (AvgIpc) is 2.43. The molecular weight excluding hydrogens is 322 g/mol. The van der Waals surface area contributed by atoms with Gasteiger partial charge in [0.2, 0.25) is 0 Å². The van der Waals surface area contributed by atoms with Crippen molar-refractivity contribution in [2.24, 2.45) is 5.73 Å². The van der Waals surface area contributed by atoms with Gasteiger partial charge in [-0.2, -0.15) is 0 Å². The molecule has 0 fully saturated rings. The van der Waals surface area contributed by atoms with E-state index in [4.69, 9.17) is 5.73 Å². The Morgan fingerprint density at radius 3 is 1.95 bits per heavy atom. The first-order chi connectivity index (χ1) is 9.82. The van der Waals surface area contributed by atoms with Crippen LogP contribution in [-0.4, -0.2) is 0 Å². The largest absolute Gasteiger partial charge is 0.324 e. The van der Waals surface area contributed by atoms with Gasteiger partial charge in [-0.3, -0.25) is 0 Å². The smallest absolute Gasteiger partial charge is 0.0341 e. The topological polar surface area (TPSA) is 26.0 Å². The third-order valence-corrected chi connectivity index (χ3v) is 5.27. The molecule has 112 valence electrons. The highest BCUT2D eigenvalue weighted by atomic mass is 79.9. The molecule has 1 unspecified atom stereocenters. The van der Waals surface area contributed by atoms with Crippen molar-refractivity contribution in [3.8, 4) is 0 Å². The second kappa shape index (κ2) is 6.33. The summed E-state index contributed by atoms with van der Waals surface area (Å²) in [6, 6.07) is 8.45. The summed E-state index contributed by atoms with van der Waals surface area (Å²) in [7, 11) is 0. The first-order valence-electron chi connectivity index (χ1n) is 7.39. The summed E-state index contributed by atoms with van der Waals surface area (Å²) in [5.41, 5.74) is 16.0. The zero-order valence-corrected chi connectivity index (χ0v) is 15.1. The van der Waals surface area contributed by atoms with Gasteiger partial charge in [0.15, 0.2) is 0 Å². The van der Waals surface area contributed by atoms with E-state index in [0.29, 0.717) is 0 Å². The van der Waals surface area contributed by atoms with E-state index in [1.54, 1.807) is 0 Å². The summed E-state index contributed by atoms with van der Waals surface area (Å²) in [5.74, 6) is 0. The standard InChI is InChI=1S/C19H24BrN/c1-11-12(2)14(4)19(15(5)13(11)3)18(21)10-16-7-6-8-17(20)9-16/h6-9,18H,10,21H2,1-5H3. The SMILES string of the molecule is Cc1c(C)c(C)c(C(N)Cc2cccc(Br)c2)c(C)c1C. The van der Waals surface area contributed by atoms with E-state index < -0.39 is 0 Å². The summed E-state index contributed by atoms with van der Waals surface area (Å²) in [5, 5.41) is 0. The molecule has 0 saturated carbocycles. The molecule has 2 heteroatoms. The summed E-state index contributed by atoms with van der Waals surface area (Å²) in [6.45, 7) is 11.0. The zero-order chi connectivity index (χ0) is 15.7. The lowest BCUT2D eigenvalue weighted by molar-refractivity contribution is 0.707. The lowest BCUT2D eigenvalue weighted by Gasteiger charge is -2.23. The Morgan fingerprint density at radius 2 is 1.43 bits per heavy atom. The molecule has 2 N–H and O–H groups in total. The second-order valence-electron chi connectivity index (χ2n) is 5.98. The van der Waals surface area contributed by atoms with Gasteiger partial charge in [-0.05, 0) is 92.1 Å². The molecule has 0 bridgehead atoms. The summed E-state index contributed by atoms with van der Waals surface area (Å²) < 4.78 is 1.11. The third-order valence-electron chi connectivity index (χ3n) is 4.77. The molecule has 0 radical (unpaired) electrons. The highest BCUT2D eigenvalue weighted by molar-refractivity contribution is 9.10. The van der Waals surface area contributed by atoms with Crippen LogP contribution >= 0.6 is 15.9 Å². The Labute approximate surface area is 136 Å². The van der Waals surface area contributed by atoms with Crippen LogP contribution in [0.5, 0.6) is 0 Å². The van der Waals surface area contributed by atoms with Gasteiger partial charge in [-0.15, -0.1) is 0 Å². The van der Waals surface area contributed by atoms with E-state index in [1.165, 1.54) is 38.9 Å². The lowest BCUT2D eigenvalue weighted by Crippen LogP contribution is -2.18. The summed E-state index contributed by atoms with van der Waals surface area (Å²) in [4.78, 5) is 0. The molecule has 0 amide bonds. The average molecular weight is 346 g/mol. The molecular formula is C19H24BrN. The zero-order valence-electron chi connectivity index (χ0n) is 13.5. The normalized spacial score (nSPS) is 12.5. The Hall–Kier alpha value is -1.12. The molecule has 2 aromatic carbocycles. The first kappa shape index (κ1) is 16.3. The highest BCUT2D eigenvalue weighted by Crippen LogP contribution is 2.31. The number of halogens is 1. The van der Waals surface area contributed by atoms with E-state index in [2.05, 4.69) is 68.7 Å². The maximum Gasteiger partial charge on any atom is 0.0341 e. The van der Waals surface area contributed by atoms with Gasteiger partial charge >= 0.3 is 0 Å².